The van der Waals surface area contributed by atoms with Crippen molar-refractivity contribution < 1.29 is 9.90 Å². The maximum absolute atomic E-state index is 12.3. The number of rotatable bonds is 5. The standard InChI is InChI=1S/C16H19NO3/c1-16(2,15(19)20)9-5-10-17-11-8-12-6-3-4-7-13(12)14(17)18/h3-4,6-8,11H,5,9-10H2,1-2H3,(H,19,20). The molecule has 2 rings (SSSR count). The molecule has 0 radical (unpaired) electrons. The number of aromatic nitrogens is 1. The molecule has 4 heteroatoms. The van der Waals surface area contributed by atoms with E-state index in [1.54, 1.807) is 24.6 Å². The normalized spacial score (nSPS) is 11.7. The van der Waals surface area contributed by atoms with Gasteiger partial charge >= 0.3 is 5.97 Å². The summed E-state index contributed by atoms with van der Waals surface area (Å²) in [5.74, 6) is -0.802. The molecule has 0 aliphatic carbocycles. The van der Waals surface area contributed by atoms with Crippen LogP contribution in [0.3, 0.4) is 0 Å². The Bertz CT molecular complexity index is 685. The summed E-state index contributed by atoms with van der Waals surface area (Å²) in [6.07, 6.45) is 2.98. The number of carbonyl (C=O) groups is 1. The highest BCUT2D eigenvalue weighted by Gasteiger charge is 2.26. The molecule has 0 bridgehead atoms. The van der Waals surface area contributed by atoms with Crippen LogP contribution >= 0.6 is 0 Å². The Morgan fingerprint density at radius 2 is 1.95 bits per heavy atom. The van der Waals surface area contributed by atoms with Crippen molar-refractivity contribution in [2.24, 2.45) is 5.41 Å². The van der Waals surface area contributed by atoms with Crippen molar-refractivity contribution in [3.8, 4) is 0 Å². The molecule has 1 aromatic carbocycles. The third-order valence-corrected chi connectivity index (χ3v) is 3.67. The lowest BCUT2D eigenvalue weighted by atomic mass is 9.88. The maximum Gasteiger partial charge on any atom is 0.309 e. The van der Waals surface area contributed by atoms with E-state index in [4.69, 9.17) is 5.11 Å². The van der Waals surface area contributed by atoms with Gasteiger partial charge in [0.15, 0.2) is 0 Å². The van der Waals surface area contributed by atoms with E-state index in [2.05, 4.69) is 0 Å². The number of carboxylic acids is 1. The second kappa shape index (κ2) is 5.49. The Hall–Kier alpha value is -2.10. The number of hydrogen-bond donors (Lipinski definition) is 1. The van der Waals surface area contributed by atoms with E-state index >= 15 is 0 Å². The minimum absolute atomic E-state index is 0.0174. The Morgan fingerprint density at radius 1 is 1.25 bits per heavy atom. The summed E-state index contributed by atoms with van der Waals surface area (Å²) in [6.45, 7) is 3.96. The monoisotopic (exact) mass is 273 g/mol. The van der Waals surface area contributed by atoms with Crippen molar-refractivity contribution in [3.63, 3.8) is 0 Å². The van der Waals surface area contributed by atoms with Crippen LogP contribution in [-0.2, 0) is 11.3 Å². The van der Waals surface area contributed by atoms with Crippen molar-refractivity contribution >= 4 is 16.7 Å². The molecule has 0 fully saturated rings. The molecule has 0 amide bonds. The Labute approximate surface area is 117 Å². The van der Waals surface area contributed by atoms with Gasteiger partial charge in [0.25, 0.3) is 5.56 Å². The molecule has 0 aliphatic rings. The summed E-state index contributed by atoms with van der Waals surface area (Å²) in [5.41, 5.74) is -0.767. The minimum atomic E-state index is -0.802. The van der Waals surface area contributed by atoms with Crippen molar-refractivity contribution in [3.05, 3.63) is 46.9 Å². The number of carboxylic acid groups (broad SMARTS) is 1. The Morgan fingerprint density at radius 3 is 2.65 bits per heavy atom. The predicted molar refractivity (Wildman–Crippen MR) is 78.9 cm³/mol. The van der Waals surface area contributed by atoms with Gasteiger partial charge in [0.1, 0.15) is 0 Å². The fourth-order valence-electron chi connectivity index (χ4n) is 2.20. The molecule has 1 aromatic heterocycles. The summed E-state index contributed by atoms with van der Waals surface area (Å²) in [4.78, 5) is 23.3. The van der Waals surface area contributed by atoms with Crippen LogP contribution in [-0.4, -0.2) is 15.6 Å². The van der Waals surface area contributed by atoms with Crippen LogP contribution in [0.5, 0.6) is 0 Å². The largest absolute Gasteiger partial charge is 0.481 e. The van der Waals surface area contributed by atoms with Crippen LogP contribution < -0.4 is 5.56 Å². The molecule has 0 atom stereocenters. The molecule has 20 heavy (non-hydrogen) atoms. The number of aliphatic carboxylic acids is 1. The lowest BCUT2D eigenvalue weighted by molar-refractivity contribution is -0.147. The van der Waals surface area contributed by atoms with Crippen LogP contribution in [0.15, 0.2) is 41.3 Å². The first-order chi connectivity index (χ1) is 9.42. The van der Waals surface area contributed by atoms with E-state index in [-0.39, 0.29) is 5.56 Å². The van der Waals surface area contributed by atoms with E-state index < -0.39 is 11.4 Å². The number of pyridine rings is 1. The van der Waals surface area contributed by atoms with Gasteiger partial charge in [-0.1, -0.05) is 18.2 Å². The molecular weight excluding hydrogens is 254 g/mol. The average Bonchev–Trinajstić information content (AvgIpc) is 2.41. The molecule has 4 nitrogen and oxygen atoms in total. The number of benzene rings is 1. The summed E-state index contributed by atoms with van der Waals surface area (Å²) in [5, 5.41) is 10.7. The zero-order valence-electron chi connectivity index (χ0n) is 11.8. The summed E-state index contributed by atoms with van der Waals surface area (Å²) >= 11 is 0. The summed E-state index contributed by atoms with van der Waals surface area (Å²) in [6, 6.07) is 9.39. The number of fused-ring (bicyclic) bond motifs is 1. The molecule has 0 saturated carbocycles. The Kier molecular flexibility index (Phi) is 3.93. The van der Waals surface area contributed by atoms with Crippen molar-refractivity contribution in [2.45, 2.75) is 33.2 Å². The predicted octanol–water partition coefficient (Wildman–Crippen LogP) is 2.89. The van der Waals surface area contributed by atoms with Gasteiger partial charge in [-0.25, -0.2) is 0 Å². The van der Waals surface area contributed by atoms with E-state index in [9.17, 15) is 9.59 Å². The lowest BCUT2D eigenvalue weighted by Gasteiger charge is -2.18. The van der Waals surface area contributed by atoms with Gasteiger partial charge in [0, 0.05) is 18.1 Å². The van der Waals surface area contributed by atoms with Gasteiger partial charge in [0.05, 0.1) is 5.41 Å². The minimum Gasteiger partial charge on any atom is -0.481 e. The summed E-state index contributed by atoms with van der Waals surface area (Å²) in [7, 11) is 0. The van der Waals surface area contributed by atoms with Gasteiger partial charge in [-0.2, -0.15) is 0 Å². The SMILES string of the molecule is CC(C)(CCCn1ccc2ccccc2c1=O)C(=O)O. The molecule has 0 aliphatic heterocycles. The van der Waals surface area contributed by atoms with Crippen molar-refractivity contribution in [1.29, 1.82) is 0 Å². The molecule has 0 unspecified atom stereocenters. The van der Waals surface area contributed by atoms with Crippen molar-refractivity contribution in [1.82, 2.24) is 4.57 Å². The topological polar surface area (TPSA) is 59.3 Å². The quantitative estimate of drug-likeness (QED) is 0.911. The Balaban J connectivity index is 2.13. The fraction of sp³-hybridized carbons (Fsp3) is 0.375. The maximum atomic E-state index is 12.3. The smallest absolute Gasteiger partial charge is 0.309 e. The number of aryl methyl sites for hydroxylation is 1. The second-order valence-electron chi connectivity index (χ2n) is 5.69. The average molecular weight is 273 g/mol. The van der Waals surface area contributed by atoms with E-state index in [1.807, 2.05) is 30.3 Å². The van der Waals surface area contributed by atoms with E-state index in [1.165, 1.54) is 0 Å². The van der Waals surface area contributed by atoms with Crippen LogP contribution in [0, 0.1) is 5.41 Å². The molecule has 1 heterocycles. The third-order valence-electron chi connectivity index (χ3n) is 3.67. The van der Waals surface area contributed by atoms with Crippen LogP contribution in [0.1, 0.15) is 26.7 Å². The van der Waals surface area contributed by atoms with E-state index in [0.29, 0.717) is 24.8 Å². The van der Waals surface area contributed by atoms with Crippen LogP contribution in [0.2, 0.25) is 0 Å². The number of nitrogens with zero attached hydrogens (tertiary/aromatic N) is 1. The summed E-state index contributed by atoms with van der Waals surface area (Å²) < 4.78 is 1.65. The highest BCUT2D eigenvalue weighted by molar-refractivity contribution is 5.81. The zero-order valence-corrected chi connectivity index (χ0v) is 11.8. The van der Waals surface area contributed by atoms with E-state index in [0.717, 1.165) is 5.39 Å². The van der Waals surface area contributed by atoms with Gasteiger partial charge in [-0.3, -0.25) is 9.59 Å². The van der Waals surface area contributed by atoms with Gasteiger partial charge in [0.2, 0.25) is 0 Å². The molecule has 0 saturated heterocycles. The molecule has 106 valence electrons. The van der Waals surface area contributed by atoms with Gasteiger partial charge in [-0.05, 0) is 44.2 Å². The van der Waals surface area contributed by atoms with Crippen molar-refractivity contribution in [2.75, 3.05) is 0 Å². The molecule has 0 spiro atoms. The highest BCUT2D eigenvalue weighted by Crippen LogP contribution is 2.22. The first-order valence-corrected chi connectivity index (χ1v) is 6.73. The first-order valence-electron chi connectivity index (χ1n) is 6.73. The second-order valence-corrected chi connectivity index (χ2v) is 5.69. The third kappa shape index (κ3) is 2.90. The highest BCUT2D eigenvalue weighted by atomic mass is 16.4. The number of hydrogen-bond acceptors (Lipinski definition) is 2. The molecule has 2 aromatic rings. The van der Waals surface area contributed by atoms with Crippen LogP contribution in [0.25, 0.3) is 10.8 Å². The first kappa shape index (κ1) is 14.3. The fourth-order valence-corrected chi connectivity index (χ4v) is 2.20. The van der Waals surface area contributed by atoms with Gasteiger partial charge in [-0.15, -0.1) is 0 Å². The molecular formula is C16H19NO3. The molecule has 1 N–H and O–H groups in total. The van der Waals surface area contributed by atoms with Gasteiger partial charge < -0.3 is 9.67 Å². The van der Waals surface area contributed by atoms with Crippen LogP contribution in [0.4, 0.5) is 0 Å². The zero-order chi connectivity index (χ0) is 14.8. The lowest BCUT2D eigenvalue weighted by Crippen LogP contribution is -2.25.